The molecule has 0 aromatic heterocycles. The number of nitrogens with zero attached hydrogens (tertiary/aromatic N) is 2. The second kappa shape index (κ2) is 8.37. The van der Waals surface area contributed by atoms with Crippen molar-refractivity contribution in [1.82, 2.24) is 15.5 Å². The number of aliphatic imine (C=N–C) groups is 1. The zero-order valence-corrected chi connectivity index (χ0v) is 17.5. The van der Waals surface area contributed by atoms with E-state index in [0.717, 1.165) is 45.2 Å². The van der Waals surface area contributed by atoms with Crippen LogP contribution in [-0.4, -0.2) is 69.9 Å². The predicted molar refractivity (Wildman–Crippen MR) is 107 cm³/mol. The number of carbonyl (C=O) groups is 1. The van der Waals surface area contributed by atoms with Crippen LogP contribution in [-0.2, 0) is 14.6 Å². The Bertz CT molecular complexity index is 666. The summed E-state index contributed by atoms with van der Waals surface area (Å²) in [6.45, 7) is 2.16. The summed E-state index contributed by atoms with van der Waals surface area (Å²) < 4.78 is 23.2. The lowest BCUT2D eigenvalue weighted by atomic mass is 9.88. The van der Waals surface area contributed by atoms with Crippen molar-refractivity contribution in [1.29, 1.82) is 0 Å². The van der Waals surface area contributed by atoms with Crippen LogP contribution in [0.3, 0.4) is 0 Å². The van der Waals surface area contributed by atoms with Gasteiger partial charge in [0.15, 0.2) is 5.96 Å². The van der Waals surface area contributed by atoms with Gasteiger partial charge in [-0.25, -0.2) is 8.42 Å². The number of rotatable bonds is 6. The zero-order chi connectivity index (χ0) is 19.5. The van der Waals surface area contributed by atoms with Crippen LogP contribution in [0.2, 0.25) is 0 Å². The molecular formula is C19H34N4O3S. The lowest BCUT2D eigenvalue weighted by Crippen LogP contribution is -2.47. The summed E-state index contributed by atoms with van der Waals surface area (Å²) in [5.74, 6) is 1.48. The lowest BCUT2D eigenvalue weighted by molar-refractivity contribution is -0.135. The molecule has 8 heteroatoms. The fourth-order valence-electron chi connectivity index (χ4n) is 4.45. The number of sulfone groups is 1. The van der Waals surface area contributed by atoms with E-state index in [1.54, 1.807) is 7.05 Å². The van der Waals surface area contributed by atoms with E-state index < -0.39 is 9.84 Å². The fourth-order valence-corrected chi connectivity index (χ4v) is 5.95. The number of nitrogens with one attached hydrogen (secondary N) is 2. The third-order valence-corrected chi connectivity index (χ3v) is 7.31. The minimum Gasteiger partial charge on any atom is -0.356 e. The number of amides is 1. The van der Waals surface area contributed by atoms with Gasteiger partial charge >= 0.3 is 0 Å². The highest BCUT2D eigenvalue weighted by molar-refractivity contribution is 7.90. The number of hydrogen-bond acceptors (Lipinski definition) is 4. The van der Waals surface area contributed by atoms with Crippen LogP contribution in [0, 0.1) is 11.3 Å². The third-order valence-electron chi connectivity index (χ3n) is 6.18. The van der Waals surface area contributed by atoms with Gasteiger partial charge in [-0.1, -0.05) is 19.3 Å². The van der Waals surface area contributed by atoms with Gasteiger partial charge in [-0.05, 0) is 32.1 Å². The van der Waals surface area contributed by atoms with E-state index in [0.29, 0.717) is 18.4 Å². The molecule has 0 spiro atoms. The Morgan fingerprint density at radius 3 is 2.48 bits per heavy atom. The molecule has 1 atom stereocenters. The van der Waals surface area contributed by atoms with Crippen LogP contribution >= 0.6 is 0 Å². The van der Waals surface area contributed by atoms with Crippen molar-refractivity contribution in [3.8, 4) is 0 Å². The maximum absolute atomic E-state index is 12.7. The standard InChI is InChI=1S/C19H34N4O3S/c1-20-18(21-13-19(9-10-19)14-27(2,25)26)22-16-8-11-23(12-16)17(24)15-6-4-3-5-7-15/h15-16H,3-14H2,1-2H3,(H2,20,21,22). The number of carbonyl (C=O) groups excluding carboxylic acids is 1. The Labute approximate surface area is 163 Å². The highest BCUT2D eigenvalue weighted by atomic mass is 32.2. The van der Waals surface area contributed by atoms with Gasteiger partial charge in [0, 0.05) is 50.3 Å². The summed E-state index contributed by atoms with van der Waals surface area (Å²) in [5, 5.41) is 6.71. The van der Waals surface area contributed by atoms with Gasteiger partial charge in [-0.2, -0.15) is 0 Å². The van der Waals surface area contributed by atoms with Gasteiger partial charge in [0.25, 0.3) is 0 Å². The van der Waals surface area contributed by atoms with Crippen molar-refractivity contribution >= 4 is 21.7 Å². The molecule has 1 amide bonds. The Balaban J connectivity index is 1.45. The second-order valence-corrected chi connectivity index (χ2v) is 10.9. The summed E-state index contributed by atoms with van der Waals surface area (Å²) in [6, 6.07) is 0.203. The molecule has 0 aromatic carbocycles. The van der Waals surface area contributed by atoms with Crippen LogP contribution < -0.4 is 10.6 Å². The van der Waals surface area contributed by atoms with Gasteiger partial charge in [0.05, 0.1) is 5.75 Å². The van der Waals surface area contributed by atoms with E-state index in [9.17, 15) is 13.2 Å². The van der Waals surface area contributed by atoms with Crippen molar-refractivity contribution in [2.24, 2.45) is 16.3 Å². The van der Waals surface area contributed by atoms with Crippen LogP contribution in [0.15, 0.2) is 4.99 Å². The largest absolute Gasteiger partial charge is 0.356 e. The van der Waals surface area contributed by atoms with Crippen LogP contribution in [0.25, 0.3) is 0 Å². The van der Waals surface area contributed by atoms with Gasteiger partial charge in [0.1, 0.15) is 9.84 Å². The molecule has 2 N–H and O–H groups in total. The Hall–Kier alpha value is -1.31. The Morgan fingerprint density at radius 2 is 1.89 bits per heavy atom. The highest BCUT2D eigenvalue weighted by Crippen LogP contribution is 2.46. The first kappa shape index (κ1) is 20.4. The summed E-state index contributed by atoms with van der Waals surface area (Å²) in [4.78, 5) is 19.0. The minimum atomic E-state index is -2.97. The summed E-state index contributed by atoms with van der Waals surface area (Å²) in [7, 11) is -1.24. The van der Waals surface area contributed by atoms with E-state index in [4.69, 9.17) is 0 Å². The average molecular weight is 399 g/mol. The molecule has 3 fully saturated rings. The van der Waals surface area contributed by atoms with E-state index in [2.05, 4.69) is 15.6 Å². The minimum absolute atomic E-state index is 0.135. The first-order valence-corrected chi connectivity index (χ1v) is 12.3. The summed E-state index contributed by atoms with van der Waals surface area (Å²) >= 11 is 0. The molecule has 3 rings (SSSR count). The van der Waals surface area contributed by atoms with Gasteiger partial charge < -0.3 is 15.5 Å². The molecule has 0 bridgehead atoms. The van der Waals surface area contributed by atoms with Crippen molar-refractivity contribution in [3.05, 3.63) is 0 Å². The summed E-state index contributed by atoms with van der Waals surface area (Å²) in [5.41, 5.74) is -0.135. The molecule has 0 aromatic rings. The molecule has 2 aliphatic carbocycles. The molecular weight excluding hydrogens is 364 g/mol. The molecule has 2 saturated carbocycles. The number of likely N-dealkylation sites (tertiary alicyclic amines) is 1. The van der Waals surface area contributed by atoms with E-state index in [1.165, 1.54) is 25.5 Å². The average Bonchev–Trinajstić information content (AvgIpc) is 3.22. The van der Waals surface area contributed by atoms with Crippen molar-refractivity contribution in [2.75, 3.05) is 38.7 Å². The van der Waals surface area contributed by atoms with Crippen molar-refractivity contribution < 1.29 is 13.2 Å². The SMILES string of the molecule is CN=C(NCC1(CS(C)(=O)=O)CC1)NC1CCN(C(=O)C2CCCCC2)C1. The van der Waals surface area contributed by atoms with Crippen molar-refractivity contribution in [3.63, 3.8) is 0 Å². The Kier molecular flexibility index (Phi) is 6.33. The third kappa shape index (κ3) is 5.83. The molecule has 1 heterocycles. The fraction of sp³-hybridized carbons (Fsp3) is 0.895. The second-order valence-electron chi connectivity index (χ2n) is 8.74. The zero-order valence-electron chi connectivity index (χ0n) is 16.7. The maximum atomic E-state index is 12.7. The van der Waals surface area contributed by atoms with E-state index in [1.807, 2.05) is 4.90 Å². The highest BCUT2D eigenvalue weighted by Gasteiger charge is 2.45. The van der Waals surface area contributed by atoms with Gasteiger partial charge in [-0.3, -0.25) is 9.79 Å². The maximum Gasteiger partial charge on any atom is 0.225 e. The Morgan fingerprint density at radius 1 is 1.19 bits per heavy atom. The first-order chi connectivity index (χ1) is 12.8. The van der Waals surface area contributed by atoms with E-state index >= 15 is 0 Å². The lowest BCUT2D eigenvalue weighted by Gasteiger charge is -2.26. The molecule has 1 unspecified atom stereocenters. The normalized spacial score (nSPS) is 26.1. The van der Waals surface area contributed by atoms with Crippen LogP contribution in [0.1, 0.15) is 51.4 Å². The van der Waals surface area contributed by atoms with Gasteiger partial charge in [0.2, 0.25) is 5.91 Å². The van der Waals surface area contributed by atoms with Gasteiger partial charge in [-0.15, -0.1) is 0 Å². The molecule has 1 saturated heterocycles. The molecule has 7 nitrogen and oxygen atoms in total. The molecule has 0 radical (unpaired) electrons. The topological polar surface area (TPSA) is 90.9 Å². The van der Waals surface area contributed by atoms with Crippen LogP contribution in [0.5, 0.6) is 0 Å². The van der Waals surface area contributed by atoms with Crippen molar-refractivity contribution in [2.45, 2.75) is 57.4 Å². The number of hydrogen-bond donors (Lipinski definition) is 2. The van der Waals surface area contributed by atoms with E-state index in [-0.39, 0.29) is 23.1 Å². The molecule has 1 aliphatic heterocycles. The smallest absolute Gasteiger partial charge is 0.225 e. The molecule has 154 valence electrons. The molecule has 27 heavy (non-hydrogen) atoms. The number of guanidine groups is 1. The quantitative estimate of drug-likeness (QED) is 0.517. The predicted octanol–water partition coefficient (Wildman–Crippen LogP) is 1.16. The monoisotopic (exact) mass is 398 g/mol. The molecule has 3 aliphatic rings. The van der Waals surface area contributed by atoms with Crippen LogP contribution in [0.4, 0.5) is 0 Å². The first-order valence-electron chi connectivity index (χ1n) is 10.2. The summed E-state index contributed by atoms with van der Waals surface area (Å²) in [6.07, 6.45) is 9.81.